The highest BCUT2D eigenvalue weighted by Crippen LogP contribution is 2.20. The summed E-state index contributed by atoms with van der Waals surface area (Å²) < 4.78 is 8.76. The number of carbonyl (C=O) groups excluding carboxylic acids is 1. The molecule has 0 N–H and O–H groups in total. The van der Waals surface area contributed by atoms with Crippen LogP contribution in [0.3, 0.4) is 0 Å². The van der Waals surface area contributed by atoms with Crippen molar-refractivity contribution in [2.45, 2.75) is 25.5 Å². The maximum atomic E-state index is 12.4. The van der Waals surface area contributed by atoms with Gasteiger partial charge in [-0.2, -0.15) is 0 Å². The van der Waals surface area contributed by atoms with Crippen molar-refractivity contribution >= 4 is 17.5 Å². The van der Waals surface area contributed by atoms with E-state index >= 15 is 0 Å². The third-order valence-corrected chi connectivity index (χ3v) is 4.32. The van der Waals surface area contributed by atoms with E-state index in [2.05, 4.69) is 20.1 Å². The molecule has 0 aliphatic rings. The lowest BCUT2D eigenvalue weighted by Crippen LogP contribution is -2.10. The van der Waals surface area contributed by atoms with Crippen LogP contribution in [0.25, 0.3) is 0 Å². The molecule has 21 heavy (non-hydrogen) atoms. The van der Waals surface area contributed by atoms with Crippen LogP contribution in [0.2, 0.25) is 0 Å². The lowest BCUT2D eigenvalue weighted by Gasteiger charge is -2.08. The predicted octanol–water partition coefficient (Wildman–Crippen LogP) is 1.25. The number of methoxy groups -OCH3 is 1. The Morgan fingerprint density at radius 2 is 2.19 bits per heavy atom. The molecule has 114 valence electrons. The summed E-state index contributed by atoms with van der Waals surface area (Å²) in [7, 11) is 3.43. The van der Waals surface area contributed by atoms with Crippen molar-refractivity contribution in [1.29, 1.82) is 0 Å². The zero-order valence-corrected chi connectivity index (χ0v) is 13.5. The maximum absolute atomic E-state index is 12.4. The Labute approximate surface area is 127 Å². The normalized spacial score (nSPS) is 11.0. The van der Waals surface area contributed by atoms with Gasteiger partial charge in [0.05, 0.1) is 12.4 Å². The highest BCUT2D eigenvalue weighted by atomic mass is 32.2. The lowest BCUT2D eigenvalue weighted by atomic mass is 10.2. The largest absolute Gasteiger partial charge is 0.383 e. The molecule has 0 unspecified atom stereocenters. The van der Waals surface area contributed by atoms with Gasteiger partial charge in [0.2, 0.25) is 5.16 Å². The maximum Gasteiger partial charge on any atom is 0.209 e. The summed E-state index contributed by atoms with van der Waals surface area (Å²) in [6.07, 6.45) is 0. The molecule has 2 heterocycles. The van der Waals surface area contributed by atoms with Crippen molar-refractivity contribution in [2.24, 2.45) is 7.05 Å². The number of aryl methyl sites for hydroxylation is 2. The zero-order chi connectivity index (χ0) is 15.4. The first kappa shape index (κ1) is 15.7. The van der Waals surface area contributed by atoms with E-state index in [1.807, 2.05) is 19.9 Å². The van der Waals surface area contributed by atoms with E-state index in [0.29, 0.717) is 17.5 Å². The second-order valence-electron chi connectivity index (χ2n) is 4.73. The first-order valence-corrected chi connectivity index (χ1v) is 7.57. The highest BCUT2D eigenvalue weighted by molar-refractivity contribution is 7.99. The summed E-state index contributed by atoms with van der Waals surface area (Å²) in [6.45, 7) is 5.34. The molecular formula is C13H19N5O2S. The summed E-state index contributed by atoms with van der Waals surface area (Å²) in [5.41, 5.74) is 2.80. The van der Waals surface area contributed by atoms with Gasteiger partial charge in [-0.05, 0) is 30.3 Å². The van der Waals surface area contributed by atoms with Gasteiger partial charge >= 0.3 is 0 Å². The number of aromatic nitrogens is 5. The SMILES string of the molecule is COCCn1c(C)cc(C(=O)CSc2nnnn2C)c1C. The van der Waals surface area contributed by atoms with Crippen LogP contribution in [0, 0.1) is 13.8 Å². The minimum atomic E-state index is 0.0831. The molecule has 0 bridgehead atoms. The summed E-state index contributed by atoms with van der Waals surface area (Å²) in [5.74, 6) is 0.405. The van der Waals surface area contributed by atoms with Crippen LogP contribution >= 0.6 is 11.8 Å². The molecule has 8 heteroatoms. The Bertz CT molecular complexity index is 635. The van der Waals surface area contributed by atoms with E-state index in [0.717, 1.165) is 23.5 Å². The second-order valence-corrected chi connectivity index (χ2v) is 5.67. The number of nitrogens with zero attached hydrogens (tertiary/aromatic N) is 5. The third-order valence-electron chi connectivity index (χ3n) is 3.31. The highest BCUT2D eigenvalue weighted by Gasteiger charge is 2.16. The van der Waals surface area contributed by atoms with Gasteiger partial charge in [0.15, 0.2) is 5.78 Å². The summed E-state index contributed by atoms with van der Waals surface area (Å²) in [4.78, 5) is 12.4. The first-order valence-electron chi connectivity index (χ1n) is 6.58. The molecule has 2 aromatic heterocycles. The van der Waals surface area contributed by atoms with Gasteiger partial charge in [-0.25, -0.2) is 4.68 Å². The number of carbonyl (C=O) groups is 1. The van der Waals surface area contributed by atoms with E-state index in [1.54, 1.807) is 18.8 Å². The van der Waals surface area contributed by atoms with Gasteiger partial charge in [-0.3, -0.25) is 4.79 Å². The standard InChI is InChI=1S/C13H19N5O2S/c1-9-7-11(10(2)18(9)5-6-20-4)12(19)8-21-13-14-15-16-17(13)3/h7H,5-6,8H2,1-4H3. The van der Waals surface area contributed by atoms with Crippen LogP contribution in [-0.4, -0.2) is 50.0 Å². The molecule has 0 spiro atoms. The van der Waals surface area contributed by atoms with Gasteiger partial charge in [0, 0.05) is 37.7 Å². The van der Waals surface area contributed by atoms with E-state index in [9.17, 15) is 4.79 Å². The van der Waals surface area contributed by atoms with Crippen molar-refractivity contribution in [3.8, 4) is 0 Å². The fraction of sp³-hybridized carbons (Fsp3) is 0.538. The molecule has 0 saturated carbocycles. The molecule has 0 aliphatic carbocycles. The van der Waals surface area contributed by atoms with Crippen LogP contribution in [0.15, 0.2) is 11.2 Å². The molecule has 2 rings (SSSR count). The lowest BCUT2D eigenvalue weighted by molar-refractivity contribution is 0.102. The zero-order valence-electron chi connectivity index (χ0n) is 12.7. The Hall–Kier alpha value is -1.67. The Morgan fingerprint density at radius 1 is 1.43 bits per heavy atom. The average Bonchev–Trinajstić information content (AvgIpc) is 2.99. The average molecular weight is 309 g/mol. The third kappa shape index (κ3) is 3.51. The molecule has 0 saturated heterocycles. The molecule has 0 radical (unpaired) electrons. The predicted molar refractivity (Wildman–Crippen MR) is 79.6 cm³/mol. The minimum Gasteiger partial charge on any atom is -0.383 e. The second kappa shape index (κ2) is 6.86. The Morgan fingerprint density at radius 3 is 2.81 bits per heavy atom. The minimum absolute atomic E-state index is 0.0831. The van der Waals surface area contributed by atoms with Gasteiger partial charge in [-0.15, -0.1) is 5.10 Å². The molecule has 2 aromatic rings. The number of hydrogen-bond acceptors (Lipinski definition) is 6. The van der Waals surface area contributed by atoms with Gasteiger partial charge < -0.3 is 9.30 Å². The fourth-order valence-electron chi connectivity index (χ4n) is 2.16. The van der Waals surface area contributed by atoms with Gasteiger partial charge in [-0.1, -0.05) is 11.8 Å². The van der Waals surface area contributed by atoms with Gasteiger partial charge in [0.1, 0.15) is 0 Å². The van der Waals surface area contributed by atoms with Crippen molar-refractivity contribution < 1.29 is 9.53 Å². The molecule has 0 amide bonds. The smallest absolute Gasteiger partial charge is 0.209 e. The van der Waals surface area contributed by atoms with Crippen molar-refractivity contribution in [3.63, 3.8) is 0 Å². The van der Waals surface area contributed by atoms with E-state index < -0.39 is 0 Å². The monoisotopic (exact) mass is 309 g/mol. The van der Waals surface area contributed by atoms with Crippen molar-refractivity contribution in [2.75, 3.05) is 19.5 Å². The van der Waals surface area contributed by atoms with E-state index in [1.165, 1.54) is 11.8 Å². The number of ketones is 1. The number of ether oxygens (including phenoxy) is 1. The Kier molecular flexibility index (Phi) is 5.13. The van der Waals surface area contributed by atoms with Crippen LogP contribution < -0.4 is 0 Å². The molecule has 0 aromatic carbocycles. The molecule has 0 atom stereocenters. The van der Waals surface area contributed by atoms with Crippen LogP contribution in [0.5, 0.6) is 0 Å². The topological polar surface area (TPSA) is 74.8 Å². The van der Waals surface area contributed by atoms with Crippen LogP contribution in [-0.2, 0) is 18.3 Å². The van der Waals surface area contributed by atoms with Crippen molar-refractivity contribution in [1.82, 2.24) is 24.8 Å². The first-order chi connectivity index (χ1) is 10.0. The van der Waals surface area contributed by atoms with E-state index in [4.69, 9.17) is 4.74 Å². The number of Topliss-reactive ketones (excluding diaryl/α,β-unsaturated/α-hetero) is 1. The number of rotatable bonds is 7. The molecule has 7 nitrogen and oxygen atoms in total. The summed E-state index contributed by atoms with van der Waals surface area (Å²) in [5, 5.41) is 11.8. The van der Waals surface area contributed by atoms with Crippen LogP contribution in [0.4, 0.5) is 0 Å². The molecule has 0 fully saturated rings. The quantitative estimate of drug-likeness (QED) is 0.566. The van der Waals surface area contributed by atoms with Gasteiger partial charge in [0.25, 0.3) is 0 Å². The fourth-order valence-corrected chi connectivity index (χ4v) is 2.89. The van der Waals surface area contributed by atoms with Crippen LogP contribution in [0.1, 0.15) is 21.7 Å². The number of thioether (sulfide) groups is 1. The molecule has 0 aliphatic heterocycles. The Balaban J connectivity index is 2.07. The number of hydrogen-bond donors (Lipinski definition) is 0. The number of tetrazole rings is 1. The summed E-state index contributed by atoms with van der Waals surface area (Å²) >= 11 is 1.34. The van der Waals surface area contributed by atoms with Crippen molar-refractivity contribution in [3.05, 3.63) is 23.0 Å². The van der Waals surface area contributed by atoms with E-state index in [-0.39, 0.29) is 5.78 Å². The summed E-state index contributed by atoms with van der Waals surface area (Å²) in [6, 6.07) is 1.93. The molecular weight excluding hydrogens is 290 g/mol.